The number of rotatable bonds is 6. The molecule has 5 heteroatoms. The second-order valence-electron chi connectivity index (χ2n) is 8.45. The Morgan fingerprint density at radius 2 is 1.56 bits per heavy atom. The molecule has 0 aliphatic heterocycles. The van der Waals surface area contributed by atoms with Crippen LogP contribution in [0.4, 0.5) is 17.1 Å². The van der Waals surface area contributed by atoms with Crippen molar-refractivity contribution < 1.29 is 14.7 Å². The van der Waals surface area contributed by atoms with Gasteiger partial charge in [-0.2, -0.15) is 0 Å². The van der Waals surface area contributed by atoms with E-state index in [9.17, 15) is 9.59 Å². The van der Waals surface area contributed by atoms with Crippen molar-refractivity contribution >= 4 is 28.9 Å². The highest BCUT2D eigenvalue weighted by atomic mass is 16.4. The van der Waals surface area contributed by atoms with Crippen molar-refractivity contribution in [3.8, 4) is 0 Å². The van der Waals surface area contributed by atoms with Crippen molar-refractivity contribution in [1.29, 1.82) is 0 Å². The SMILES string of the molecule is Cc1cc(Nc2ccc(C3CCCCC3)cc2)ccc1C(=O)Nc1cccc(C(=O)O)c1. The first-order valence-electron chi connectivity index (χ1n) is 11.1. The fraction of sp³-hybridized carbons (Fsp3) is 0.259. The van der Waals surface area contributed by atoms with Gasteiger partial charge in [0.25, 0.3) is 5.91 Å². The highest BCUT2D eigenvalue weighted by molar-refractivity contribution is 6.06. The van der Waals surface area contributed by atoms with Crippen LogP contribution in [0.25, 0.3) is 0 Å². The Labute approximate surface area is 188 Å². The average molecular weight is 429 g/mol. The molecule has 0 unspecified atom stereocenters. The fourth-order valence-electron chi connectivity index (χ4n) is 4.37. The van der Waals surface area contributed by atoms with Crippen LogP contribution in [-0.2, 0) is 0 Å². The van der Waals surface area contributed by atoms with Crippen LogP contribution in [0.15, 0.2) is 66.7 Å². The third kappa shape index (κ3) is 5.17. The maximum Gasteiger partial charge on any atom is 0.335 e. The predicted octanol–water partition coefficient (Wildman–Crippen LogP) is 6.74. The third-order valence-electron chi connectivity index (χ3n) is 6.11. The molecule has 5 nitrogen and oxygen atoms in total. The first-order valence-corrected chi connectivity index (χ1v) is 11.1. The largest absolute Gasteiger partial charge is 0.478 e. The van der Waals surface area contributed by atoms with Gasteiger partial charge in [0.2, 0.25) is 0 Å². The number of carboxylic acid groups (broad SMARTS) is 1. The molecule has 1 aliphatic carbocycles. The van der Waals surface area contributed by atoms with E-state index in [1.54, 1.807) is 18.2 Å². The molecule has 4 rings (SSSR count). The number of hydrogen-bond acceptors (Lipinski definition) is 3. The quantitative estimate of drug-likeness (QED) is 0.406. The van der Waals surface area contributed by atoms with Crippen LogP contribution >= 0.6 is 0 Å². The van der Waals surface area contributed by atoms with Crippen molar-refractivity contribution in [2.75, 3.05) is 10.6 Å². The lowest BCUT2D eigenvalue weighted by Crippen LogP contribution is -2.14. The number of anilines is 3. The van der Waals surface area contributed by atoms with Crippen LogP contribution in [0.5, 0.6) is 0 Å². The number of carbonyl (C=O) groups is 2. The molecule has 0 atom stereocenters. The molecule has 0 saturated heterocycles. The van der Waals surface area contributed by atoms with Crippen molar-refractivity contribution in [1.82, 2.24) is 0 Å². The molecule has 164 valence electrons. The summed E-state index contributed by atoms with van der Waals surface area (Å²) in [6.07, 6.45) is 6.59. The minimum Gasteiger partial charge on any atom is -0.478 e. The molecule has 1 fully saturated rings. The van der Waals surface area contributed by atoms with E-state index >= 15 is 0 Å². The molecule has 1 amide bonds. The molecule has 1 aliphatic rings. The Morgan fingerprint density at radius 1 is 0.844 bits per heavy atom. The van der Waals surface area contributed by atoms with E-state index in [-0.39, 0.29) is 11.5 Å². The normalized spacial score (nSPS) is 14.0. The number of nitrogens with one attached hydrogen (secondary N) is 2. The van der Waals surface area contributed by atoms with Crippen molar-refractivity contribution in [3.63, 3.8) is 0 Å². The van der Waals surface area contributed by atoms with Crippen LogP contribution in [0.2, 0.25) is 0 Å². The number of benzene rings is 3. The number of carbonyl (C=O) groups excluding carboxylic acids is 1. The zero-order valence-electron chi connectivity index (χ0n) is 18.2. The van der Waals surface area contributed by atoms with E-state index in [2.05, 4.69) is 34.9 Å². The van der Waals surface area contributed by atoms with Gasteiger partial charge in [-0.1, -0.05) is 37.5 Å². The average Bonchev–Trinajstić information content (AvgIpc) is 2.80. The molecule has 3 aromatic rings. The summed E-state index contributed by atoms with van der Waals surface area (Å²) in [6, 6.07) is 20.5. The molecule has 0 heterocycles. The number of carboxylic acids is 1. The van der Waals surface area contributed by atoms with E-state index in [0.717, 1.165) is 16.9 Å². The van der Waals surface area contributed by atoms with Crippen LogP contribution in [0.1, 0.15) is 69.9 Å². The second-order valence-corrected chi connectivity index (χ2v) is 8.45. The van der Waals surface area contributed by atoms with Crippen molar-refractivity contribution in [2.24, 2.45) is 0 Å². The van der Waals surface area contributed by atoms with Crippen LogP contribution < -0.4 is 10.6 Å². The van der Waals surface area contributed by atoms with E-state index in [1.165, 1.54) is 49.8 Å². The number of amides is 1. The molecular formula is C27H28N2O3. The molecular weight excluding hydrogens is 400 g/mol. The Kier molecular flexibility index (Phi) is 6.55. The summed E-state index contributed by atoms with van der Waals surface area (Å²) in [6.45, 7) is 1.89. The van der Waals surface area contributed by atoms with Gasteiger partial charge in [-0.3, -0.25) is 4.79 Å². The van der Waals surface area contributed by atoms with Gasteiger partial charge in [0.1, 0.15) is 0 Å². The Hall–Kier alpha value is -3.60. The minimum atomic E-state index is -1.03. The molecule has 0 spiro atoms. The lowest BCUT2D eigenvalue weighted by Gasteiger charge is -2.22. The van der Waals surface area contributed by atoms with E-state index in [1.807, 2.05) is 19.1 Å². The van der Waals surface area contributed by atoms with Crippen molar-refractivity contribution in [2.45, 2.75) is 44.9 Å². The molecule has 3 N–H and O–H groups in total. The van der Waals surface area contributed by atoms with Crippen LogP contribution in [0, 0.1) is 6.92 Å². The molecule has 0 radical (unpaired) electrons. The van der Waals surface area contributed by atoms with Gasteiger partial charge >= 0.3 is 5.97 Å². The Balaban J connectivity index is 1.42. The summed E-state index contributed by atoms with van der Waals surface area (Å²) in [5, 5.41) is 15.3. The Bertz CT molecular complexity index is 1120. The molecule has 32 heavy (non-hydrogen) atoms. The van der Waals surface area contributed by atoms with Crippen LogP contribution in [0.3, 0.4) is 0 Å². The monoisotopic (exact) mass is 428 g/mol. The van der Waals surface area contributed by atoms with Gasteiger partial charge < -0.3 is 15.7 Å². The number of aromatic carboxylic acids is 1. The zero-order chi connectivity index (χ0) is 22.5. The van der Waals surface area contributed by atoms with Gasteiger partial charge in [-0.15, -0.1) is 0 Å². The minimum absolute atomic E-state index is 0.133. The summed E-state index contributed by atoms with van der Waals surface area (Å²) >= 11 is 0. The van der Waals surface area contributed by atoms with Gasteiger partial charge in [-0.25, -0.2) is 4.79 Å². The van der Waals surface area contributed by atoms with Crippen molar-refractivity contribution in [3.05, 3.63) is 89.0 Å². The van der Waals surface area contributed by atoms with Gasteiger partial charge in [-0.05, 0) is 85.3 Å². The maximum absolute atomic E-state index is 12.7. The van der Waals surface area contributed by atoms with E-state index < -0.39 is 5.97 Å². The highest BCUT2D eigenvalue weighted by Gasteiger charge is 2.15. The summed E-state index contributed by atoms with van der Waals surface area (Å²) in [5.74, 6) is -0.609. The fourth-order valence-corrected chi connectivity index (χ4v) is 4.37. The maximum atomic E-state index is 12.7. The highest BCUT2D eigenvalue weighted by Crippen LogP contribution is 2.33. The molecule has 0 aromatic heterocycles. The topological polar surface area (TPSA) is 78.4 Å². The Morgan fingerprint density at radius 3 is 2.25 bits per heavy atom. The third-order valence-corrected chi connectivity index (χ3v) is 6.11. The number of aryl methyl sites for hydroxylation is 1. The summed E-state index contributed by atoms with van der Waals surface area (Å²) in [7, 11) is 0. The standard InChI is InChI=1S/C27H28N2O3/c1-18-16-24(28-22-12-10-20(11-13-22)19-6-3-2-4-7-19)14-15-25(18)26(30)29-23-9-5-8-21(17-23)27(31)32/h5,8-17,19,28H,2-4,6-7H2,1H3,(H,29,30)(H,31,32). The molecule has 3 aromatic carbocycles. The molecule has 0 bridgehead atoms. The van der Waals surface area contributed by atoms with Gasteiger partial charge in [0.15, 0.2) is 0 Å². The smallest absolute Gasteiger partial charge is 0.335 e. The lowest BCUT2D eigenvalue weighted by atomic mass is 9.84. The summed E-state index contributed by atoms with van der Waals surface area (Å²) < 4.78 is 0. The lowest BCUT2D eigenvalue weighted by molar-refractivity contribution is 0.0696. The van der Waals surface area contributed by atoms with E-state index in [0.29, 0.717) is 17.2 Å². The first-order chi connectivity index (χ1) is 15.5. The van der Waals surface area contributed by atoms with Gasteiger partial charge in [0.05, 0.1) is 5.56 Å². The van der Waals surface area contributed by atoms with E-state index in [4.69, 9.17) is 5.11 Å². The number of hydrogen-bond donors (Lipinski definition) is 3. The molecule has 1 saturated carbocycles. The second kappa shape index (κ2) is 9.69. The van der Waals surface area contributed by atoms with Gasteiger partial charge in [0, 0.05) is 22.6 Å². The van der Waals surface area contributed by atoms with Crippen LogP contribution in [-0.4, -0.2) is 17.0 Å². The zero-order valence-corrected chi connectivity index (χ0v) is 18.2. The summed E-state index contributed by atoms with van der Waals surface area (Å²) in [4.78, 5) is 23.8. The predicted molar refractivity (Wildman–Crippen MR) is 128 cm³/mol. The first kappa shape index (κ1) is 21.6. The summed E-state index contributed by atoms with van der Waals surface area (Å²) in [5.41, 5.74) is 5.32.